The fourth-order valence-electron chi connectivity index (χ4n) is 6.22. The van der Waals surface area contributed by atoms with Gasteiger partial charge in [-0.1, -0.05) is 56.2 Å². The minimum atomic E-state index is -0.687. The van der Waals surface area contributed by atoms with E-state index in [1.165, 1.54) is 7.11 Å². The fraction of sp³-hybridized carbons (Fsp3) is 0.351. The summed E-state index contributed by atoms with van der Waals surface area (Å²) >= 11 is 0. The molecule has 2 aromatic carbocycles. The molecule has 0 aliphatic carbocycles. The number of halogens is 3. The van der Waals surface area contributed by atoms with E-state index in [1.807, 2.05) is 44.3 Å². The largest absolute Gasteiger partial charge is 0.453 e. The first-order valence-corrected chi connectivity index (χ1v) is 16.1. The molecule has 0 saturated carbocycles. The molecule has 50 heavy (non-hydrogen) atoms. The Balaban J connectivity index is 0.00000225. The van der Waals surface area contributed by atoms with Gasteiger partial charge in [0.05, 0.1) is 37.3 Å². The number of carbonyl (C=O) groups excluding carboxylic acids is 2. The Hall–Kier alpha value is -4.45. The van der Waals surface area contributed by atoms with Crippen molar-refractivity contribution < 1.29 is 14.3 Å². The zero-order valence-electron chi connectivity index (χ0n) is 28.1. The molecule has 6 rings (SSSR count). The molecular formula is C37H42Cl3N7O3. The molecule has 0 radical (unpaired) electrons. The van der Waals surface area contributed by atoms with E-state index in [9.17, 15) is 9.59 Å². The van der Waals surface area contributed by atoms with Crippen LogP contribution in [0.2, 0.25) is 0 Å². The standard InChI is InChI=1S/C37H39N7O3.3ClH/c1-24(2)33(43-37(46)47-3)36(45)44-20-10-16-32(44)35-39-22-28(41-35)14-8-7-13-26-17-18-27(21-29(26)25-11-5-4-6-12-25)31-23-40-34(42-31)30-15-9-19-38-30;;;/h4-6,11-12,17-18,21-24,30,32-33,38H,9-10,15-16,19-20H2,1-3H3,(H,39,41)(H,40,42)(H,43,46);3*1H/t30-,32-,33-;;;/m0.../s1. The van der Waals surface area contributed by atoms with Crippen LogP contribution >= 0.6 is 37.2 Å². The maximum atomic E-state index is 13.4. The second-order valence-electron chi connectivity index (χ2n) is 12.2. The minimum absolute atomic E-state index is 0. The van der Waals surface area contributed by atoms with Crippen molar-refractivity contribution in [2.24, 2.45) is 5.92 Å². The molecule has 4 N–H and O–H groups in total. The maximum absolute atomic E-state index is 13.4. The molecule has 264 valence electrons. The number of hydrogen-bond donors (Lipinski definition) is 4. The average Bonchev–Trinajstić information content (AvgIpc) is 3.92. The van der Waals surface area contributed by atoms with E-state index < -0.39 is 12.1 Å². The summed E-state index contributed by atoms with van der Waals surface area (Å²) in [6, 6.07) is 15.8. The predicted molar refractivity (Wildman–Crippen MR) is 201 cm³/mol. The van der Waals surface area contributed by atoms with Crippen molar-refractivity contribution in [3.05, 3.63) is 83.8 Å². The van der Waals surface area contributed by atoms with Crippen LogP contribution in [-0.2, 0) is 9.53 Å². The van der Waals surface area contributed by atoms with Crippen LogP contribution in [0.25, 0.3) is 22.4 Å². The van der Waals surface area contributed by atoms with Crippen LogP contribution < -0.4 is 10.6 Å². The molecule has 2 fully saturated rings. The topological polar surface area (TPSA) is 128 Å². The number of benzene rings is 2. The van der Waals surface area contributed by atoms with Crippen LogP contribution in [0.4, 0.5) is 4.79 Å². The first kappa shape index (κ1) is 40.0. The number of methoxy groups -OCH3 is 1. The van der Waals surface area contributed by atoms with E-state index in [0.717, 1.165) is 66.0 Å². The molecule has 2 saturated heterocycles. The number of amides is 2. The van der Waals surface area contributed by atoms with Gasteiger partial charge in [-0.2, -0.15) is 0 Å². The SMILES string of the molecule is COC(=O)N[C@H](C(=O)N1CCC[C@H]1c1ncc(C#CC#Cc2ccc(-c3cnc([C@@H]4CCCN4)[nH]3)cc2-c2ccccc2)[nH]1)C(C)C.Cl.Cl.Cl. The molecule has 4 heterocycles. The summed E-state index contributed by atoms with van der Waals surface area (Å²) in [5.74, 6) is 13.7. The van der Waals surface area contributed by atoms with Gasteiger partial charge in [-0.25, -0.2) is 14.8 Å². The Morgan fingerprint density at radius 3 is 2.40 bits per heavy atom. The number of hydrogen-bond acceptors (Lipinski definition) is 6. The summed E-state index contributed by atoms with van der Waals surface area (Å²) in [4.78, 5) is 43.0. The molecule has 2 aliphatic heterocycles. The van der Waals surface area contributed by atoms with Gasteiger partial charge in [0.15, 0.2) is 0 Å². The highest BCUT2D eigenvalue weighted by molar-refractivity contribution is 5.86. The van der Waals surface area contributed by atoms with Crippen LogP contribution in [0.3, 0.4) is 0 Å². The quantitative estimate of drug-likeness (QED) is 0.158. The Morgan fingerprint density at radius 2 is 1.68 bits per heavy atom. The fourth-order valence-corrected chi connectivity index (χ4v) is 6.22. The zero-order valence-corrected chi connectivity index (χ0v) is 30.6. The number of aromatic nitrogens is 4. The number of aromatic amines is 2. The lowest BCUT2D eigenvalue weighted by Gasteiger charge is -2.29. The van der Waals surface area contributed by atoms with E-state index in [4.69, 9.17) is 4.74 Å². The number of rotatable bonds is 7. The van der Waals surface area contributed by atoms with Crippen LogP contribution in [0.15, 0.2) is 60.9 Å². The van der Waals surface area contributed by atoms with E-state index in [0.29, 0.717) is 18.1 Å². The molecule has 0 bridgehead atoms. The Bertz CT molecular complexity index is 1860. The van der Waals surface area contributed by atoms with Gasteiger partial charge in [0, 0.05) is 17.7 Å². The van der Waals surface area contributed by atoms with Gasteiger partial charge < -0.3 is 30.2 Å². The van der Waals surface area contributed by atoms with Crippen molar-refractivity contribution in [2.75, 3.05) is 20.2 Å². The van der Waals surface area contributed by atoms with E-state index >= 15 is 0 Å². The molecule has 4 aromatic rings. The van der Waals surface area contributed by atoms with E-state index in [1.54, 1.807) is 11.1 Å². The highest BCUT2D eigenvalue weighted by Crippen LogP contribution is 2.32. The number of H-pyrrole nitrogens is 2. The normalized spacial score (nSPS) is 16.8. The van der Waals surface area contributed by atoms with Gasteiger partial charge in [0.2, 0.25) is 5.91 Å². The van der Waals surface area contributed by atoms with Crippen molar-refractivity contribution in [3.63, 3.8) is 0 Å². The lowest BCUT2D eigenvalue weighted by Crippen LogP contribution is -2.51. The van der Waals surface area contributed by atoms with Crippen LogP contribution in [0.5, 0.6) is 0 Å². The van der Waals surface area contributed by atoms with Gasteiger partial charge in [-0.05, 0) is 79.2 Å². The van der Waals surface area contributed by atoms with Gasteiger partial charge in [-0.15, -0.1) is 37.2 Å². The Morgan fingerprint density at radius 1 is 0.920 bits per heavy atom. The Labute approximate surface area is 311 Å². The summed E-state index contributed by atoms with van der Waals surface area (Å²) < 4.78 is 4.73. The van der Waals surface area contributed by atoms with Gasteiger partial charge >= 0.3 is 6.09 Å². The smallest absolute Gasteiger partial charge is 0.407 e. The molecular weight excluding hydrogens is 697 g/mol. The zero-order chi connectivity index (χ0) is 32.8. The Kier molecular flexibility index (Phi) is 14.8. The van der Waals surface area contributed by atoms with Crippen molar-refractivity contribution in [3.8, 4) is 46.1 Å². The third-order valence-corrected chi connectivity index (χ3v) is 8.70. The first-order chi connectivity index (χ1) is 22.9. The average molecular weight is 739 g/mol. The highest BCUT2D eigenvalue weighted by Gasteiger charge is 2.37. The number of carbonyl (C=O) groups is 2. The third-order valence-electron chi connectivity index (χ3n) is 8.70. The van der Waals surface area contributed by atoms with E-state index in [2.05, 4.69) is 78.5 Å². The van der Waals surface area contributed by atoms with Gasteiger partial charge in [-0.3, -0.25) is 4.79 Å². The summed E-state index contributed by atoms with van der Waals surface area (Å²) in [5, 5.41) is 6.18. The second kappa shape index (κ2) is 18.5. The maximum Gasteiger partial charge on any atom is 0.407 e. The lowest BCUT2D eigenvalue weighted by atomic mass is 9.96. The molecule has 2 amide bonds. The van der Waals surface area contributed by atoms with Crippen LogP contribution in [-0.4, -0.2) is 63.1 Å². The van der Waals surface area contributed by atoms with Crippen LogP contribution in [0, 0.1) is 29.6 Å². The lowest BCUT2D eigenvalue weighted by molar-refractivity contribution is -0.135. The second-order valence-corrected chi connectivity index (χ2v) is 12.2. The molecule has 2 aromatic heterocycles. The molecule has 0 unspecified atom stereocenters. The number of nitrogens with one attached hydrogen (secondary N) is 4. The van der Waals surface area contributed by atoms with Crippen molar-refractivity contribution in [1.29, 1.82) is 0 Å². The third kappa shape index (κ3) is 9.21. The van der Waals surface area contributed by atoms with E-state index in [-0.39, 0.29) is 61.1 Å². The van der Waals surface area contributed by atoms with Crippen molar-refractivity contribution in [2.45, 2.75) is 57.7 Å². The molecule has 3 atom stereocenters. The summed E-state index contributed by atoms with van der Waals surface area (Å²) in [6.45, 7) is 5.40. The minimum Gasteiger partial charge on any atom is -0.453 e. The molecule has 0 spiro atoms. The van der Waals surface area contributed by atoms with Gasteiger partial charge in [0.1, 0.15) is 23.4 Å². The summed E-state index contributed by atoms with van der Waals surface area (Å²) in [7, 11) is 1.29. The monoisotopic (exact) mass is 737 g/mol. The number of alkyl carbamates (subject to hydrolysis) is 1. The number of nitrogens with zero attached hydrogens (tertiary/aromatic N) is 3. The van der Waals surface area contributed by atoms with Crippen molar-refractivity contribution >= 4 is 49.2 Å². The van der Waals surface area contributed by atoms with Crippen LogP contribution in [0.1, 0.15) is 74.5 Å². The predicted octanol–water partition coefficient (Wildman–Crippen LogP) is 6.60. The molecule has 2 aliphatic rings. The first-order valence-electron chi connectivity index (χ1n) is 16.1. The summed E-state index contributed by atoms with van der Waals surface area (Å²) in [6.07, 6.45) is 6.80. The summed E-state index contributed by atoms with van der Waals surface area (Å²) in [5.41, 5.74) is 5.59. The number of likely N-dealkylation sites (tertiary alicyclic amines) is 1. The number of ether oxygens (including phenoxy) is 1. The molecule has 10 nitrogen and oxygen atoms in total. The van der Waals surface area contributed by atoms with Crippen molar-refractivity contribution in [1.82, 2.24) is 35.5 Å². The molecule has 13 heteroatoms. The highest BCUT2D eigenvalue weighted by atomic mass is 35.5. The van der Waals surface area contributed by atoms with Gasteiger partial charge in [0.25, 0.3) is 0 Å². The number of imidazole rings is 2.